The number of nitrogens with two attached hydrogens (primary N) is 1. The standard InChI is InChI=1S/C10H15FN2S/c1-7-3-4-9(11)8(5-7)10(13-12)6-14-2/h3-5,10,13H,6,12H2,1-2H3. The first kappa shape index (κ1) is 11.5. The van der Waals surface area contributed by atoms with Gasteiger partial charge in [-0.05, 0) is 19.2 Å². The lowest BCUT2D eigenvalue weighted by molar-refractivity contribution is 0.546. The maximum atomic E-state index is 13.4. The van der Waals surface area contributed by atoms with Gasteiger partial charge in [-0.15, -0.1) is 0 Å². The molecule has 0 aliphatic rings. The fraction of sp³-hybridized carbons (Fsp3) is 0.400. The van der Waals surface area contributed by atoms with Crippen LogP contribution in [0.25, 0.3) is 0 Å². The van der Waals surface area contributed by atoms with Crippen molar-refractivity contribution in [3.63, 3.8) is 0 Å². The number of rotatable bonds is 4. The molecule has 14 heavy (non-hydrogen) atoms. The number of aryl methyl sites for hydroxylation is 1. The summed E-state index contributed by atoms with van der Waals surface area (Å²) < 4.78 is 13.4. The van der Waals surface area contributed by atoms with E-state index in [0.717, 1.165) is 11.3 Å². The van der Waals surface area contributed by atoms with Gasteiger partial charge >= 0.3 is 0 Å². The van der Waals surface area contributed by atoms with Gasteiger partial charge in [-0.25, -0.2) is 4.39 Å². The summed E-state index contributed by atoms with van der Waals surface area (Å²) in [5, 5.41) is 0. The molecule has 0 aliphatic heterocycles. The minimum Gasteiger partial charge on any atom is -0.271 e. The van der Waals surface area contributed by atoms with Gasteiger partial charge in [0.25, 0.3) is 0 Å². The molecule has 1 unspecified atom stereocenters. The largest absolute Gasteiger partial charge is 0.271 e. The number of halogens is 1. The third kappa shape index (κ3) is 2.70. The molecule has 1 rings (SSSR count). The van der Waals surface area contributed by atoms with E-state index in [9.17, 15) is 4.39 Å². The molecule has 0 heterocycles. The van der Waals surface area contributed by atoms with Crippen LogP contribution in [0.2, 0.25) is 0 Å². The second-order valence-corrected chi connectivity index (χ2v) is 4.11. The van der Waals surface area contributed by atoms with Crippen molar-refractivity contribution in [3.05, 3.63) is 35.1 Å². The molecule has 0 spiro atoms. The van der Waals surface area contributed by atoms with Crippen molar-refractivity contribution in [2.24, 2.45) is 5.84 Å². The maximum absolute atomic E-state index is 13.4. The molecule has 0 saturated heterocycles. The number of hydrazine groups is 1. The second-order valence-electron chi connectivity index (χ2n) is 3.20. The first-order valence-corrected chi connectivity index (χ1v) is 5.79. The van der Waals surface area contributed by atoms with E-state index in [2.05, 4.69) is 5.43 Å². The van der Waals surface area contributed by atoms with Crippen molar-refractivity contribution in [3.8, 4) is 0 Å². The van der Waals surface area contributed by atoms with E-state index in [1.54, 1.807) is 17.8 Å². The van der Waals surface area contributed by atoms with Crippen LogP contribution >= 0.6 is 11.8 Å². The zero-order chi connectivity index (χ0) is 10.6. The smallest absolute Gasteiger partial charge is 0.128 e. The zero-order valence-corrected chi connectivity index (χ0v) is 9.20. The molecule has 0 radical (unpaired) electrons. The van der Waals surface area contributed by atoms with Crippen LogP contribution in [0.3, 0.4) is 0 Å². The first-order valence-electron chi connectivity index (χ1n) is 4.40. The van der Waals surface area contributed by atoms with Crippen LogP contribution in [-0.2, 0) is 0 Å². The van der Waals surface area contributed by atoms with Gasteiger partial charge < -0.3 is 0 Å². The van der Waals surface area contributed by atoms with Gasteiger partial charge in [0.2, 0.25) is 0 Å². The Hall–Kier alpha value is -0.580. The van der Waals surface area contributed by atoms with Gasteiger partial charge in [0.05, 0.1) is 6.04 Å². The van der Waals surface area contributed by atoms with Crippen molar-refractivity contribution in [1.29, 1.82) is 0 Å². The first-order chi connectivity index (χ1) is 6.69. The zero-order valence-electron chi connectivity index (χ0n) is 8.38. The highest BCUT2D eigenvalue weighted by Crippen LogP contribution is 2.20. The normalized spacial score (nSPS) is 12.9. The number of nitrogens with one attached hydrogen (secondary N) is 1. The van der Waals surface area contributed by atoms with Crippen LogP contribution < -0.4 is 11.3 Å². The van der Waals surface area contributed by atoms with Crippen molar-refractivity contribution in [2.45, 2.75) is 13.0 Å². The Bertz CT molecular complexity index is 304. The van der Waals surface area contributed by atoms with E-state index in [1.807, 2.05) is 19.2 Å². The van der Waals surface area contributed by atoms with Crippen LogP contribution in [0.15, 0.2) is 18.2 Å². The van der Waals surface area contributed by atoms with Crippen LogP contribution in [0.4, 0.5) is 4.39 Å². The SMILES string of the molecule is CSCC(NN)c1cc(C)ccc1F. The molecule has 3 N–H and O–H groups in total. The number of benzene rings is 1. The molecule has 2 nitrogen and oxygen atoms in total. The van der Waals surface area contributed by atoms with Crippen molar-refractivity contribution in [1.82, 2.24) is 5.43 Å². The van der Waals surface area contributed by atoms with Gasteiger partial charge in [0.1, 0.15) is 5.82 Å². The van der Waals surface area contributed by atoms with Crippen LogP contribution in [0.5, 0.6) is 0 Å². The molecular weight excluding hydrogens is 199 g/mol. The average molecular weight is 214 g/mol. The van der Waals surface area contributed by atoms with Crippen LogP contribution in [-0.4, -0.2) is 12.0 Å². The summed E-state index contributed by atoms with van der Waals surface area (Å²) in [4.78, 5) is 0. The van der Waals surface area contributed by atoms with E-state index >= 15 is 0 Å². The van der Waals surface area contributed by atoms with Gasteiger partial charge in [-0.3, -0.25) is 11.3 Å². The molecule has 0 fully saturated rings. The molecular formula is C10H15FN2S. The van der Waals surface area contributed by atoms with E-state index in [-0.39, 0.29) is 11.9 Å². The summed E-state index contributed by atoms with van der Waals surface area (Å²) >= 11 is 1.63. The molecule has 0 aliphatic carbocycles. The van der Waals surface area contributed by atoms with Crippen molar-refractivity contribution in [2.75, 3.05) is 12.0 Å². The third-order valence-electron chi connectivity index (χ3n) is 2.06. The minimum atomic E-state index is -0.201. The Balaban J connectivity index is 2.96. The number of hydrogen-bond acceptors (Lipinski definition) is 3. The summed E-state index contributed by atoms with van der Waals surface area (Å²) in [5.41, 5.74) is 4.31. The fourth-order valence-electron chi connectivity index (χ4n) is 1.32. The molecule has 4 heteroatoms. The van der Waals surface area contributed by atoms with E-state index in [0.29, 0.717) is 5.56 Å². The van der Waals surface area contributed by atoms with E-state index in [4.69, 9.17) is 5.84 Å². The molecule has 0 aromatic heterocycles. The molecule has 78 valence electrons. The Morgan fingerprint density at radius 3 is 2.86 bits per heavy atom. The highest BCUT2D eigenvalue weighted by molar-refractivity contribution is 7.98. The van der Waals surface area contributed by atoms with Crippen LogP contribution in [0.1, 0.15) is 17.2 Å². The monoisotopic (exact) mass is 214 g/mol. The van der Waals surface area contributed by atoms with Crippen LogP contribution in [0, 0.1) is 12.7 Å². The molecule has 1 aromatic carbocycles. The number of hydrogen-bond donors (Lipinski definition) is 2. The van der Waals surface area contributed by atoms with Gasteiger partial charge in [-0.1, -0.05) is 17.7 Å². The predicted molar refractivity (Wildman–Crippen MR) is 59.6 cm³/mol. The highest BCUT2D eigenvalue weighted by atomic mass is 32.2. The molecule has 0 amide bonds. The lowest BCUT2D eigenvalue weighted by Crippen LogP contribution is -2.30. The highest BCUT2D eigenvalue weighted by Gasteiger charge is 2.13. The van der Waals surface area contributed by atoms with Crippen molar-refractivity contribution < 1.29 is 4.39 Å². The molecule has 1 aromatic rings. The Kier molecular flexibility index (Phi) is 4.38. The summed E-state index contributed by atoms with van der Waals surface area (Å²) in [6.45, 7) is 1.94. The Labute approximate surface area is 88.0 Å². The third-order valence-corrected chi connectivity index (χ3v) is 2.73. The predicted octanol–water partition coefficient (Wildman–Crippen LogP) is 2.00. The fourth-order valence-corrected chi connectivity index (χ4v) is 1.93. The lowest BCUT2D eigenvalue weighted by Gasteiger charge is -2.16. The van der Waals surface area contributed by atoms with E-state index in [1.165, 1.54) is 6.07 Å². The Morgan fingerprint density at radius 2 is 2.29 bits per heavy atom. The molecule has 0 saturated carbocycles. The molecule has 1 atom stereocenters. The van der Waals surface area contributed by atoms with Gasteiger partial charge in [0.15, 0.2) is 0 Å². The van der Waals surface area contributed by atoms with Crippen molar-refractivity contribution >= 4 is 11.8 Å². The van der Waals surface area contributed by atoms with Gasteiger partial charge in [0, 0.05) is 11.3 Å². The minimum absolute atomic E-state index is 0.120. The Morgan fingerprint density at radius 1 is 1.57 bits per heavy atom. The van der Waals surface area contributed by atoms with E-state index < -0.39 is 0 Å². The lowest BCUT2D eigenvalue weighted by atomic mass is 10.1. The second kappa shape index (κ2) is 5.34. The average Bonchev–Trinajstić information content (AvgIpc) is 2.18. The summed E-state index contributed by atoms with van der Waals surface area (Å²) in [6, 6.07) is 4.95. The quantitative estimate of drug-likeness (QED) is 0.594. The summed E-state index contributed by atoms with van der Waals surface area (Å²) in [6.07, 6.45) is 1.97. The number of thioether (sulfide) groups is 1. The summed E-state index contributed by atoms with van der Waals surface area (Å²) in [7, 11) is 0. The molecule has 0 bridgehead atoms. The van der Waals surface area contributed by atoms with Gasteiger partial charge in [-0.2, -0.15) is 11.8 Å². The topological polar surface area (TPSA) is 38.0 Å². The summed E-state index contributed by atoms with van der Waals surface area (Å²) in [5.74, 6) is 5.94. The maximum Gasteiger partial charge on any atom is 0.128 e.